The van der Waals surface area contributed by atoms with Crippen LogP contribution < -0.4 is 15.4 Å². The zero-order valence-corrected chi connectivity index (χ0v) is 12.5. The molecule has 0 heterocycles. The van der Waals surface area contributed by atoms with Crippen molar-refractivity contribution >= 4 is 11.9 Å². The Bertz CT molecular complexity index is 480. The van der Waals surface area contributed by atoms with Crippen LogP contribution in [0.25, 0.3) is 0 Å². The number of rotatable bonds is 10. The molecular formula is C15H22N2O5. The van der Waals surface area contributed by atoms with E-state index in [0.29, 0.717) is 12.3 Å². The van der Waals surface area contributed by atoms with Gasteiger partial charge in [0.1, 0.15) is 12.4 Å². The fraction of sp³-hybridized carbons (Fsp3) is 0.467. The van der Waals surface area contributed by atoms with Crippen molar-refractivity contribution < 1.29 is 24.5 Å². The fourth-order valence-corrected chi connectivity index (χ4v) is 1.77. The van der Waals surface area contributed by atoms with Gasteiger partial charge in [-0.25, -0.2) is 0 Å². The quantitative estimate of drug-likeness (QED) is 0.464. The van der Waals surface area contributed by atoms with E-state index >= 15 is 0 Å². The van der Waals surface area contributed by atoms with Gasteiger partial charge in [-0.3, -0.25) is 14.9 Å². The van der Waals surface area contributed by atoms with Crippen LogP contribution in [0, 0.1) is 0 Å². The molecule has 0 aliphatic carbocycles. The van der Waals surface area contributed by atoms with E-state index in [-0.39, 0.29) is 26.0 Å². The van der Waals surface area contributed by atoms with Crippen LogP contribution in [0.3, 0.4) is 0 Å². The van der Waals surface area contributed by atoms with Crippen LogP contribution in [0.5, 0.6) is 5.75 Å². The minimum absolute atomic E-state index is 0.0515. The number of carboxylic acid groups (broad SMARTS) is 1. The van der Waals surface area contributed by atoms with E-state index in [2.05, 4.69) is 10.6 Å². The molecule has 1 unspecified atom stereocenters. The van der Waals surface area contributed by atoms with Gasteiger partial charge in [0.15, 0.2) is 5.72 Å². The van der Waals surface area contributed by atoms with E-state index in [0.717, 1.165) is 0 Å². The second kappa shape index (κ2) is 9.01. The number of carbonyl (C=O) groups excluding carboxylic acids is 1. The van der Waals surface area contributed by atoms with E-state index in [9.17, 15) is 14.7 Å². The predicted molar refractivity (Wildman–Crippen MR) is 80.4 cm³/mol. The van der Waals surface area contributed by atoms with E-state index in [4.69, 9.17) is 9.84 Å². The van der Waals surface area contributed by atoms with Crippen LogP contribution in [0.4, 0.5) is 0 Å². The van der Waals surface area contributed by atoms with Crippen molar-refractivity contribution in [1.29, 1.82) is 0 Å². The highest BCUT2D eigenvalue weighted by molar-refractivity contribution is 5.80. The van der Waals surface area contributed by atoms with Gasteiger partial charge in [0.25, 0.3) is 0 Å². The first-order valence-corrected chi connectivity index (χ1v) is 7.09. The number of para-hydroxylation sites is 1. The van der Waals surface area contributed by atoms with Crippen molar-refractivity contribution in [3.05, 3.63) is 30.3 Å². The lowest BCUT2D eigenvalue weighted by molar-refractivity contribution is -0.139. The average Bonchev–Trinajstić information content (AvgIpc) is 2.50. The first-order valence-electron chi connectivity index (χ1n) is 7.09. The van der Waals surface area contributed by atoms with Gasteiger partial charge < -0.3 is 20.3 Å². The molecule has 0 saturated heterocycles. The molecular weight excluding hydrogens is 288 g/mol. The first kappa shape index (κ1) is 17.9. The van der Waals surface area contributed by atoms with E-state index in [1.165, 1.54) is 0 Å². The van der Waals surface area contributed by atoms with Crippen LogP contribution in [-0.4, -0.2) is 47.5 Å². The number of aliphatic hydroxyl groups is 1. The van der Waals surface area contributed by atoms with Crippen molar-refractivity contribution in [2.45, 2.75) is 25.5 Å². The molecule has 0 saturated carbocycles. The van der Waals surface area contributed by atoms with E-state index in [1.807, 2.05) is 25.1 Å². The Morgan fingerprint density at radius 2 is 1.91 bits per heavy atom. The third kappa shape index (κ3) is 7.05. The smallest absolute Gasteiger partial charge is 0.303 e. The maximum absolute atomic E-state index is 11.5. The van der Waals surface area contributed by atoms with Crippen LogP contribution in [0.15, 0.2) is 30.3 Å². The topological polar surface area (TPSA) is 108 Å². The minimum Gasteiger partial charge on any atom is -0.489 e. The van der Waals surface area contributed by atoms with Crippen LogP contribution in [0.2, 0.25) is 0 Å². The number of aliphatic carboxylic acids is 1. The molecule has 7 heteroatoms. The number of amides is 1. The molecule has 1 aromatic carbocycles. The average molecular weight is 310 g/mol. The van der Waals surface area contributed by atoms with Gasteiger partial charge in [-0.2, -0.15) is 0 Å². The molecule has 1 atom stereocenters. The number of hydrogen-bond acceptors (Lipinski definition) is 5. The molecule has 0 fully saturated rings. The highest BCUT2D eigenvalue weighted by Crippen LogP contribution is 2.11. The Morgan fingerprint density at radius 3 is 2.50 bits per heavy atom. The molecule has 0 bridgehead atoms. The van der Waals surface area contributed by atoms with Gasteiger partial charge >= 0.3 is 5.97 Å². The summed E-state index contributed by atoms with van der Waals surface area (Å²) in [5.74, 6) is -0.862. The number of carbonyl (C=O) groups is 2. The summed E-state index contributed by atoms with van der Waals surface area (Å²) in [5.41, 5.74) is -1.43. The number of benzene rings is 1. The molecule has 7 nitrogen and oxygen atoms in total. The number of likely N-dealkylation sites (N-methyl/N-ethyl adjacent to an activating group) is 1. The minimum atomic E-state index is -1.43. The molecule has 1 amide bonds. The Balaban J connectivity index is 2.47. The fourth-order valence-electron chi connectivity index (χ4n) is 1.77. The number of hydrogen-bond donors (Lipinski definition) is 4. The van der Waals surface area contributed by atoms with Crippen LogP contribution >= 0.6 is 0 Å². The van der Waals surface area contributed by atoms with Crippen molar-refractivity contribution in [2.24, 2.45) is 0 Å². The molecule has 0 aromatic heterocycles. The summed E-state index contributed by atoms with van der Waals surface area (Å²) < 4.78 is 5.50. The van der Waals surface area contributed by atoms with Gasteiger partial charge in [-0.15, -0.1) is 0 Å². The maximum Gasteiger partial charge on any atom is 0.303 e. The second-order valence-corrected chi connectivity index (χ2v) is 4.83. The zero-order valence-electron chi connectivity index (χ0n) is 12.5. The Labute approximate surface area is 129 Å². The standard InChI is InChI=1S/C15H22N2O5/c1-2-17-15(21,10-16-13(18)8-9-14(19)20)11-22-12-6-4-3-5-7-12/h3-7,17,21H,2,8-11H2,1H3,(H,16,18)(H,19,20). The monoisotopic (exact) mass is 310 g/mol. The second-order valence-electron chi connectivity index (χ2n) is 4.83. The van der Waals surface area contributed by atoms with Crippen LogP contribution in [0.1, 0.15) is 19.8 Å². The molecule has 0 aliphatic heterocycles. The van der Waals surface area contributed by atoms with Crippen molar-refractivity contribution in [2.75, 3.05) is 19.7 Å². The molecule has 22 heavy (non-hydrogen) atoms. The Hall–Kier alpha value is -2.12. The lowest BCUT2D eigenvalue weighted by Crippen LogP contribution is -2.57. The summed E-state index contributed by atoms with van der Waals surface area (Å²) in [5, 5.41) is 24.3. The third-order valence-corrected chi connectivity index (χ3v) is 2.87. The highest BCUT2D eigenvalue weighted by atomic mass is 16.5. The van der Waals surface area contributed by atoms with Crippen molar-refractivity contribution in [3.63, 3.8) is 0 Å². The van der Waals surface area contributed by atoms with Gasteiger partial charge in [-0.05, 0) is 18.7 Å². The van der Waals surface area contributed by atoms with E-state index in [1.54, 1.807) is 12.1 Å². The molecule has 0 aliphatic rings. The lowest BCUT2D eigenvalue weighted by atomic mass is 10.2. The predicted octanol–water partition coefficient (Wildman–Crippen LogP) is 0.345. The van der Waals surface area contributed by atoms with Crippen LogP contribution in [-0.2, 0) is 9.59 Å². The molecule has 0 radical (unpaired) electrons. The van der Waals surface area contributed by atoms with Gasteiger partial charge in [0.2, 0.25) is 5.91 Å². The number of nitrogens with one attached hydrogen (secondary N) is 2. The molecule has 1 rings (SSSR count). The molecule has 4 N–H and O–H groups in total. The Kier molecular flexibility index (Phi) is 7.34. The summed E-state index contributed by atoms with van der Waals surface area (Å²) in [6.07, 6.45) is -0.372. The van der Waals surface area contributed by atoms with Crippen molar-refractivity contribution in [1.82, 2.24) is 10.6 Å². The van der Waals surface area contributed by atoms with Crippen molar-refractivity contribution in [3.8, 4) is 5.75 Å². The molecule has 122 valence electrons. The first-order chi connectivity index (χ1) is 10.4. The summed E-state index contributed by atoms with van der Waals surface area (Å²) in [6.45, 7) is 2.18. The SMILES string of the molecule is CCNC(O)(CNC(=O)CCC(=O)O)COc1ccccc1. The van der Waals surface area contributed by atoms with Gasteiger partial charge in [0, 0.05) is 6.42 Å². The zero-order chi connectivity index (χ0) is 16.4. The summed E-state index contributed by atoms with van der Waals surface area (Å²) in [4.78, 5) is 21.9. The lowest BCUT2D eigenvalue weighted by Gasteiger charge is -2.29. The summed E-state index contributed by atoms with van der Waals surface area (Å²) in [6, 6.07) is 9.01. The van der Waals surface area contributed by atoms with Gasteiger partial charge in [-0.1, -0.05) is 25.1 Å². The number of carboxylic acids is 1. The van der Waals surface area contributed by atoms with E-state index < -0.39 is 17.6 Å². The largest absolute Gasteiger partial charge is 0.489 e. The molecule has 0 spiro atoms. The maximum atomic E-state index is 11.5. The summed E-state index contributed by atoms with van der Waals surface area (Å²) >= 11 is 0. The Morgan fingerprint density at radius 1 is 1.23 bits per heavy atom. The third-order valence-electron chi connectivity index (χ3n) is 2.87. The van der Waals surface area contributed by atoms with Gasteiger partial charge in [0.05, 0.1) is 13.0 Å². The normalized spacial score (nSPS) is 13.2. The number of ether oxygens (including phenoxy) is 1. The summed E-state index contributed by atoms with van der Waals surface area (Å²) in [7, 11) is 0. The highest BCUT2D eigenvalue weighted by Gasteiger charge is 2.27. The molecule has 1 aromatic rings.